The minimum Gasteiger partial charge on any atom is -0.481 e. The number of carboxylic acid groups (broad SMARTS) is 1. The van der Waals surface area contributed by atoms with Gasteiger partial charge in [0.05, 0.1) is 5.41 Å². The Kier molecular flexibility index (Phi) is 5.11. The number of aliphatic carboxylic acids is 1. The van der Waals surface area contributed by atoms with Gasteiger partial charge >= 0.3 is 5.97 Å². The highest BCUT2D eigenvalue weighted by molar-refractivity contribution is 7.89. The number of furan rings is 1. The van der Waals surface area contributed by atoms with Crippen LogP contribution in [-0.2, 0) is 14.8 Å². The number of aryl methyl sites for hydroxylation is 1. The van der Waals surface area contributed by atoms with Crippen molar-refractivity contribution < 1.29 is 27.5 Å². The Hall–Kier alpha value is -1.87. The van der Waals surface area contributed by atoms with Crippen LogP contribution < -0.4 is 0 Å². The van der Waals surface area contributed by atoms with Crippen LogP contribution in [0.25, 0.3) is 0 Å². The van der Waals surface area contributed by atoms with Crippen LogP contribution in [0, 0.1) is 18.3 Å². The zero-order chi connectivity index (χ0) is 20.0. The molecule has 3 heterocycles. The quantitative estimate of drug-likeness (QED) is 0.812. The molecule has 1 atom stereocenters. The molecule has 1 unspecified atom stereocenters. The Morgan fingerprint density at radius 3 is 2.37 bits per heavy atom. The van der Waals surface area contributed by atoms with Gasteiger partial charge in [0, 0.05) is 32.2 Å². The fourth-order valence-electron chi connectivity index (χ4n) is 3.95. The molecule has 2 saturated heterocycles. The molecule has 0 aliphatic carbocycles. The van der Waals surface area contributed by atoms with Crippen molar-refractivity contribution in [2.75, 3.05) is 26.2 Å². The molecule has 2 aliphatic rings. The molecule has 0 aromatic carbocycles. The standard InChI is InChI=1S/C18H26N2O6S/c1-12(2)18(17(22)23)6-9-19(11-18)16(21)14-10-15(13(3)26-14)27(24,25)20-7-4-5-8-20/h10,12H,4-9,11H2,1-3H3,(H,22,23). The molecule has 1 N–H and O–H groups in total. The highest BCUT2D eigenvalue weighted by atomic mass is 32.2. The molecule has 1 aromatic rings. The minimum absolute atomic E-state index is 0.0142. The van der Waals surface area contributed by atoms with Crippen molar-refractivity contribution in [3.8, 4) is 0 Å². The summed E-state index contributed by atoms with van der Waals surface area (Å²) in [4.78, 5) is 26.0. The van der Waals surface area contributed by atoms with E-state index in [0.29, 0.717) is 26.1 Å². The number of hydrogen-bond donors (Lipinski definition) is 1. The van der Waals surface area contributed by atoms with Crippen LogP contribution in [0.2, 0.25) is 0 Å². The van der Waals surface area contributed by atoms with Crippen LogP contribution in [-0.4, -0.2) is 60.8 Å². The van der Waals surface area contributed by atoms with Gasteiger partial charge in [-0.3, -0.25) is 9.59 Å². The maximum Gasteiger partial charge on any atom is 0.311 e. The van der Waals surface area contributed by atoms with Gasteiger partial charge in [-0.25, -0.2) is 8.42 Å². The zero-order valence-corrected chi connectivity index (χ0v) is 16.7. The van der Waals surface area contributed by atoms with E-state index in [0.717, 1.165) is 12.8 Å². The molecule has 9 heteroatoms. The average Bonchev–Trinajstić information content (AvgIpc) is 3.33. The van der Waals surface area contributed by atoms with Crippen LogP contribution in [0.1, 0.15) is 49.4 Å². The smallest absolute Gasteiger partial charge is 0.311 e. The summed E-state index contributed by atoms with van der Waals surface area (Å²) in [5.74, 6) is -1.39. The molecular weight excluding hydrogens is 372 g/mol. The zero-order valence-electron chi connectivity index (χ0n) is 15.9. The van der Waals surface area contributed by atoms with Crippen molar-refractivity contribution in [1.29, 1.82) is 0 Å². The first-order chi connectivity index (χ1) is 12.6. The second-order valence-electron chi connectivity index (χ2n) is 7.73. The number of carbonyl (C=O) groups is 2. The number of hydrogen-bond acceptors (Lipinski definition) is 5. The Morgan fingerprint density at radius 2 is 1.85 bits per heavy atom. The van der Waals surface area contributed by atoms with Crippen LogP contribution in [0.4, 0.5) is 0 Å². The summed E-state index contributed by atoms with van der Waals surface area (Å²) in [5, 5.41) is 9.63. The van der Waals surface area contributed by atoms with Crippen LogP contribution >= 0.6 is 0 Å². The third-order valence-electron chi connectivity index (χ3n) is 5.89. The first-order valence-corrected chi connectivity index (χ1v) is 10.7. The van der Waals surface area contributed by atoms with E-state index < -0.39 is 27.3 Å². The van der Waals surface area contributed by atoms with Gasteiger partial charge in [0.1, 0.15) is 10.7 Å². The summed E-state index contributed by atoms with van der Waals surface area (Å²) in [7, 11) is -3.68. The van der Waals surface area contributed by atoms with E-state index in [9.17, 15) is 23.1 Å². The lowest BCUT2D eigenvalue weighted by atomic mass is 9.76. The number of nitrogens with zero attached hydrogens (tertiary/aromatic N) is 2. The molecule has 8 nitrogen and oxygen atoms in total. The van der Waals surface area contributed by atoms with Crippen molar-refractivity contribution in [3.63, 3.8) is 0 Å². The minimum atomic E-state index is -3.68. The molecule has 0 spiro atoms. The van der Waals surface area contributed by atoms with Crippen molar-refractivity contribution >= 4 is 21.9 Å². The molecule has 1 amide bonds. The summed E-state index contributed by atoms with van der Waals surface area (Å²) >= 11 is 0. The third-order valence-corrected chi connectivity index (χ3v) is 7.89. The molecule has 0 saturated carbocycles. The van der Waals surface area contributed by atoms with Gasteiger partial charge in [-0.05, 0) is 32.1 Å². The fraction of sp³-hybridized carbons (Fsp3) is 0.667. The number of sulfonamides is 1. The lowest BCUT2D eigenvalue weighted by molar-refractivity contribution is -0.150. The van der Waals surface area contributed by atoms with Crippen LogP contribution in [0.15, 0.2) is 15.4 Å². The highest BCUT2D eigenvalue weighted by Crippen LogP contribution is 2.39. The number of likely N-dealkylation sites (tertiary alicyclic amines) is 1. The van der Waals surface area contributed by atoms with E-state index in [-0.39, 0.29) is 28.9 Å². The molecule has 2 fully saturated rings. The second-order valence-corrected chi connectivity index (χ2v) is 9.64. The molecule has 3 rings (SSSR count). The normalized spacial score (nSPS) is 24.1. The summed E-state index contributed by atoms with van der Waals surface area (Å²) < 4.78 is 32.4. The number of carbonyl (C=O) groups excluding carboxylic acids is 1. The first-order valence-electron chi connectivity index (χ1n) is 9.23. The predicted molar refractivity (Wildman–Crippen MR) is 96.9 cm³/mol. The number of amides is 1. The van der Waals surface area contributed by atoms with Gasteiger partial charge in [0.15, 0.2) is 5.76 Å². The average molecular weight is 398 g/mol. The predicted octanol–water partition coefficient (Wildman–Crippen LogP) is 1.95. The molecule has 1 aromatic heterocycles. The van der Waals surface area contributed by atoms with E-state index >= 15 is 0 Å². The maximum absolute atomic E-state index is 12.8. The first kappa shape index (κ1) is 19.9. The molecule has 27 heavy (non-hydrogen) atoms. The number of rotatable bonds is 5. The van der Waals surface area contributed by atoms with E-state index in [4.69, 9.17) is 4.42 Å². The summed E-state index contributed by atoms with van der Waals surface area (Å²) in [6.07, 6.45) is 2.01. The Labute approximate surface area is 159 Å². The van der Waals surface area contributed by atoms with E-state index in [1.54, 1.807) is 0 Å². The third kappa shape index (κ3) is 3.27. The highest BCUT2D eigenvalue weighted by Gasteiger charge is 2.49. The monoisotopic (exact) mass is 398 g/mol. The van der Waals surface area contributed by atoms with Gasteiger partial charge in [-0.15, -0.1) is 0 Å². The molecule has 150 valence electrons. The molecule has 2 aliphatic heterocycles. The van der Waals surface area contributed by atoms with E-state index in [1.807, 2.05) is 13.8 Å². The summed E-state index contributed by atoms with van der Waals surface area (Å²) in [6.45, 7) is 6.53. The molecule has 0 radical (unpaired) electrons. The van der Waals surface area contributed by atoms with Crippen molar-refractivity contribution in [2.24, 2.45) is 11.3 Å². The Bertz CT molecular complexity index is 853. The van der Waals surface area contributed by atoms with Gasteiger partial charge < -0.3 is 14.4 Å². The van der Waals surface area contributed by atoms with E-state index in [1.165, 1.54) is 22.2 Å². The van der Waals surface area contributed by atoms with Crippen molar-refractivity contribution in [3.05, 3.63) is 17.6 Å². The topological polar surface area (TPSA) is 108 Å². The molecule has 0 bridgehead atoms. The second kappa shape index (κ2) is 6.94. The Morgan fingerprint density at radius 1 is 1.22 bits per heavy atom. The number of carboxylic acids is 1. The van der Waals surface area contributed by atoms with Gasteiger partial charge in [-0.1, -0.05) is 13.8 Å². The van der Waals surface area contributed by atoms with Gasteiger partial charge in [-0.2, -0.15) is 4.31 Å². The van der Waals surface area contributed by atoms with Gasteiger partial charge in [0.2, 0.25) is 10.0 Å². The fourth-order valence-corrected chi connectivity index (χ4v) is 5.63. The maximum atomic E-state index is 12.8. The largest absolute Gasteiger partial charge is 0.481 e. The van der Waals surface area contributed by atoms with Crippen molar-refractivity contribution in [1.82, 2.24) is 9.21 Å². The lowest BCUT2D eigenvalue weighted by Crippen LogP contribution is -2.40. The van der Waals surface area contributed by atoms with Crippen LogP contribution in [0.3, 0.4) is 0 Å². The Balaban J connectivity index is 1.84. The summed E-state index contributed by atoms with van der Waals surface area (Å²) in [6, 6.07) is 1.28. The summed E-state index contributed by atoms with van der Waals surface area (Å²) in [5.41, 5.74) is -0.984. The SMILES string of the molecule is Cc1oc(C(=O)N2CCC(C(=O)O)(C(C)C)C2)cc1S(=O)(=O)N1CCCC1. The van der Waals surface area contributed by atoms with E-state index in [2.05, 4.69) is 0 Å². The van der Waals surface area contributed by atoms with Gasteiger partial charge in [0.25, 0.3) is 5.91 Å². The lowest BCUT2D eigenvalue weighted by Gasteiger charge is -2.28. The molecular formula is C18H26N2O6S. The van der Waals surface area contributed by atoms with Crippen LogP contribution in [0.5, 0.6) is 0 Å². The van der Waals surface area contributed by atoms with Crippen molar-refractivity contribution in [2.45, 2.75) is 44.9 Å².